The van der Waals surface area contributed by atoms with E-state index < -0.39 is 68.0 Å². The fraction of sp³-hybridized carbons (Fsp3) is 0.558. The van der Waals surface area contributed by atoms with Gasteiger partial charge in [0.1, 0.15) is 17.2 Å². The van der Waals surface area contributed by atoms with Crippen molar-refractivity contribution in [2.24, 2.45) is 23.7 Å². The molecule has 0 radical (unpaired) electrons. The van der Waals surface area contributed by atoms with Crippen molar-refractivity contribution in [2.75, 3.05) is 19.6 Å². The number of aryl methyl sites for hydroxylation is 1. The molecule has 300 valence electrons. The second-order valence-corrected chi connectivity index (χ2v) is 19.5. The van der Waals surface area contributed by atoms with Crippen LogP contribution in [0.3, 0.4) is 0 Å². The first kappa shape index (κ1) is 39.7. The van der Waals surface area contributed by atoms with Crippen LogP contribution in [0.2, 0.25) is 0 Å². The maximum absolute atomic E-state index is 14.7. The van der Waals surface area contributed by atoms with Gasteiger partial charge in [-0.25, -0.2) is 8.42 Å². The van der Waals surface area contributed by atoms with E-state index in [0.29, 0.717) is 44.2 Å². The highest BCUT2D eigenvalue weighted by molar-refractivity contribution is 7.91. The number of likely N-dealkylation sites (tertiary alicyclic amines) is 1. The molecule has 56 heavy (non-hydrogen) atoms. The lowest BCUT2D eigenvalue weighted by Crippen LogP contribution is -2.58. The van der Waals surface area contributed by atoms with Crippen LogP contribution in [0.5, 0.6) is 0 Å². The van der Waals surface area contributed by atoms with Gasteiger partial charge in [0.15, 0.2) is 0 Å². The Morgan fingerprint density at radius 2 is 1.70 bits per heavy atom. The Morgan fingerprint density at radius 1 is 0.946 bits per heavy atom. The van der Waals surface area contributed by atoms with E-state index in [1.165, 1.54) is 0 Å². The Labute approximate surface area is 329 Å². The molecule has 2 aromatic carbocycles. The summed E-state index contributed by atoms with van der Waals surface area (Å²) in [6.45, 7) is 8.06. The van der Waals surface area contributed by atoms with Crippen molar-refractivity contribution >= 4 is 39.6 Å². The van der Waals surface area contributed by atoms with Gasteiger partial charge >= 0.3 is 5.97 Å². The Morgan fingerprint density at radius 3 is 2.41 bits per heavy atom. The van der Waals surface area contributed by atoms with Gasteiger partial charge in [-0.3, -0.25) is 28.7 Å². The first-order valence-corrected chi connectivity index (χ1v) is 21.6. The van der Waals surface area contributed by atoms with Crippen molar-refractivity contribution < 1.29 is 37.1 Å². The average molecular weight is 787 g/mol. The van der Waals surface area contributed by atoms with E-state index >= 15 is 0 Å². The quantitative estimate of drug-likeness (QED) is 0.296. The second-order valence-electron chi connectivity index (χ2n) is 17.5. The first-order chi connectivity index (χ1) is 26.5. The number of nitrogens with one attached hydrogen (secondary N) is 2. The van der Waals surface area contributed by atoms with Crippen molar-refractivity contribution in [1.29, 1.82) is 0 Å². The summed E-state index contributed by atoms with van der Waals surface area (Å²) < 4.78 is 33.7. The van der Waals surface area contributed by atoms with Crippen LogP contribution >= 0.6 is 0 Å². The summed E-state index contributed by atoms with van der Waals surface area (Å²) in [7, 11) is -3.90. The molecule has 6 atom stereocenters. The standard InChI is InChI=1S/C43H54N4O8S/c1-27-15-17-28(18-16-27)29-12-10-13-30(21-29)39(50)46-24-32-25-47-37(35(32)26-46)38(49)44-43(41(52)45-56(53,54)34-19-20-34)23-33(43)14-9-7-5-6-8-11-31(40(47)51)22-36(48)55-42(2,3)4/h9-10,12-18,21,31-35,37H,5-8,11,19-20,22-26H2,1-4H3,(H,44,49)(H,45,52)/b14-9-/t31-,32-,33+,35-,37-,43+/m0/s1. The zero-order chi connectivity index (χ0) is 40.0. The Kier molecular flexibility index (Phi) is 10.9. The number of ether oxygens (including phenoxy) is 1. The first-order valence-electron chi connectivity index (χ1n) is 20.1. The number of nitrogens with zero attached hydrogens (tertiary/aromatic N) is 2. The molecule has 4 amide bonds. The van der Waals surface area contributed by atoms with E-state index in [1.807, 2.05) is 61.5 Å². The van der Waals surface area contributed by atoms with E-state index in [2.05, 4.69) is 10.0 Å². The van der Waals surface area contributed by atoms with E-state index in [1.54, 1.807) is 36.6 Å². The molecule has 2 saturated carbocycles. The molecule has 13 heteroatoms. The third-order valence-corrected chi connectivity index (χ3v) is 13.8. The molecule has 2 aromatic rings. The number of sulfonamides is 1. The van der Waals surface area contributed by atoms with Crippen molar-refractivity contribution in [3.63, 3.8) is 0 Å². The van der Waals surface area contributed by atoms with Crippen LogP contribution < -0.4 is 10.0 Å². The van der Waals surface area contributed by atoms with Gasteiger partial charge < -0.3 is 19.9 Å². The van der Waals surface area contributed by atoms with Gasteiger partial charge in [0, 0.05) is 48.9 Å². The molecule has 0 aromatic heterocycles. The fourth-order valence-electron chi connectivity index (χ4n) is 8.71. The lowest BCUT2D eigenvalue weighted by atomic mass is 9.92. The van der Waals surface area contributed by atoms with Crippen LogP contribution in [-0.2, 0) is 33.9 Å². The van der Waals surface area contributed by atoms with Crippen LogP contribution in [0, 0.1) is 30.6 Å². The topological polar surface area (TPSA) is 159 Å². The number of hydrogen-bond donors (Lipinski definition) is 2. The number of carbonyl (C=O) groups is 5. The van der Waals surface area contributed by atoms with Crippen molar-refractivity contribution in [1.82, 2.24) is 19.8 Å². The molecule has 4 fully saturated rings. The summed E-state index contributed by atoms with van der Waals surface area (Å²) in [5.74, 6) is -4.18. The number of esters is 1. The maximum atomic E-state index is 14.7. The van der Waals surface area contributed by atoms with Crippen molar-refractivity contribution in [2.45, 2.75) is 108 Å². The highest BCUT2D eigenvalue weighted by Crippen LogP contribution is 2.47. The molecule has 12 nitrogen and oxygen atoms in total. The zero-order valence-corrected chi connectivity index (χ0v) is 33.6. The number of hydrogen-bond acceptors (Lipinski definition) is 8. The van der Waals surface area contributed by atoms with Crippen molar-refractivity contribution in [3.8, 4) is 11.1 Å². The van der Waals surface area contributed by atoms with Crippen LogP contribution in [-0.4, -0.2) is 89.9 Å². The molecule has 3 aliphatic heterocycles. The SMILES string of the molecule is Cc1ccc(-c2cccc(C(=O)N3C[C@H]4CN5C(=O)[C@H](CC(=O)OC(C)(C)C)CCCCC/C=C\[C@@H]6C[C@@]6(C(=O)NS(=O)(=O)C6CC6)NC(=O)[C@@H]5[C@H]4C3)c2)cc1. The number of benzene rings is 2. The van der Waals surface area contributed by atoms with Gasteiger partial charge in [-0.1, -0.05) is 67.0 Å². The Hall–Kier alpha value is -4.52. The van der Waals surface area contributed by atoms with Gasteiger partial charge in [0.05, 0.1) is 11.7 Å². The van der Waals surface area contributed by atoms with Crippen LogP contribution in [0.1, 0.15) is 94.5 Å². The van der Waals surface area contributed by atoms with Gasteiger partial charge in [0.2, 0.25) is 21.8 Å². The molecular formula is C43H54N4O8S. The number of amides is 4. The maximum Gasteiger partial charge on any atom is 0.307 e. The van der Waals surface area contributed by atoms with Crippen molar-refractivity contribution in [3.05, 3.63) is 71.8 Å². The predicted molar refractivity (Wildman–Crippen MR) is 210 cm³/mol. The molecule has 2 aliphatic carbocycles. The summed E-state index contributed by atoms with van der Waals surface area (Å²) >= 11 is 0. The minimum atomic E-state index is -3.90. The van der Waals surface area contributed by atoms with Gasteiger partial charge in [0.25, 0.3) is 11.8 Å². The summed E-state index contributed by atoms with van der Waals surface area (Å²) in [4.78, 5) is 73.7. The molecule has 2 N–H and O–H groups in total. The summed E-state index contributed by atoms with van der Waals surface area (Å²) in [5, 5.41) is 2.33. The Bertz CT molecular complexity index is 2020. The molecule has 7 rings (SSSR count). The van der Waals surface area contributed by atoms with Crippen LogP contribution in [0.4, 0.5) is 0 Å². The lowest BCUT2D eigenvalue weighted by molar-refractivity contribution is -0.159. The zero-order valence-electron chi connectivity index (χ0n) is 32.8. The number of allylic oxidation sites excluding steroid dienone is 1. The lowest BCUT2D eigenvalue weighted by Gasteiger charge is -2.33. The fourth-order valence-corrected chi connectivity index (χ4v) is 10.1. The highest BCUT2D eigenvalue weighted by Gasteiger charge is 2.63. The number of carbonyl (C=O) groups excluding carboxylic acids is 5. The molecule has 2 saturated heterocycles. The normalized spacial score (nSPS) is 28.8. The minimum absolute atomic E-state index is 0.133. The third kappa shape index (κ3) is 8.57. The third-order valence-electron chi connectivity index (χ3n) is 11.9. The van der Waals surface area contributed by atoms with Gasteiger partial charge in [-0.05, 0) is 89.5 Å². The van der Waals surface area contributed by atoms with E-state index in [0.717, 1.165) is 29.5 Å². The number of rotatable bonds is 7. The Balaban J connectivity index is 1.18. The van der Waals surface area contributed by atoms with E-state index in [9.17, 15) is 32.4 Å². The molecule has 3 heterocycles. The van der Waals surface area contributed by atoms with Crippen LogP contribution in [0.25, 0.3) is 11.1 Å². The number of fused-ring (bicyclic) bond motifs is 4. The summed E-state index contributed by atoms with van der Waals surface area (Å²) in [5.41, 5.74) is 1.31. The second kappa shape index (κ2) is 15.4. The molecule has 0 unspecified atom stereocenters. The highest BCUT2D eigenvalue weighted by atomic mass is 32.2. The van der Waals surface area contributed by atoms with Gasteiger partial charge in [-0.15, -0.1) is 0 Å². The summed E-state index contributed by atoms with van der Waals surface area (Å²) in [6.07, 6.45) is 8.38. The largest absolute Gasteiger partial charge is 0.460 e. The van der Waals surface area contributed by atoms with Gasteiger partial charge in [-0.2, -0.15) is 0 Å². The predicted octanol–water partition coefficient (Wildman–Crippen LogP) is 4.91. The molecule has 0 spiro atoms. The molecule has 5 aliphatic rings. The van der Waals surface area contributed by atoms with E-state index in [-0.39, 0.29) is 43.7 Å². The molecular weight excluding hydrogens is 733 g/mol. The van der Waals surface area contributed by atoms with E-state index in [4.69, 9.17) is 4.74 Å². The molecule has 0 bridgehead atoms. The minimum Gasteiger partial charge on any atom is -0.460 e. The van der Waals surface area contributed by atoms with Crippen LogP contribution in [0.15, 0.2) is 60.7 Å². The monoisotopic (exact) mass is 786 g/mol. The average Bonchev–Trinajstić information content (AvgIpc) is 4.04. The summed E-state index contributed by atoms with van der Waals surface area (Å²) in [6, 6.07) is 14.5. The smallest absolute Gasteiger partial charge is 0.307 e.